The van der Waals surface area contributed by atoms with Gasteiger partial charge in [0.1, 0.15) is 0 Å². The Morgan fingerprint density at radius 3 is 2.58 bits per heavy atom. The summed E-state index contributed by atoms with van der Waals surface area (Å²) in [6.45, 7) is 8.38. The van der Waals surface area contributed by atoms with E-state index in [9.17, 15) is 4.79 Å². The number of hydrogen-bond acceptors (Lipinski definition) is 1. The Kier molecular flexibility index (Phi) is 4.59. The van der Waals surface area contributed by atoms with Crippen molar-refractivity contribution in [3.8, 4) is 0 Å². The first-order valence-corrected chi connectivity index (χ1v) is 7.30. The van der Waals surface area contributed by atoms with Crippen molar-refractivity contribution < 1.29 is 9.69 Å². The summed E-state index contributed by atoms with van der Waals surface area (Å²) in [5.41, 5.74) is 3.26. The second kappa shape index (κ2) is 6.20. The van der Waals surface area contributed by atoms with Crippen molar-refractivity contribution in [1.29, 1.82) is 0 Å². The molecule has 19 heavy (non-hydrogen) atoms. The van der Waals surface area contributed by atoms with Crippen molar-refractivity contribution in [1.82, 2.24) is 0 Å². The summed E-state index contributed by atoms with van der Waals surface area (Å²) in [5, 5.41) is 3.09. The fraction of sp³-hybridized carbons (Fsp3) is 0.562. The normalized spacial score (nSPS) is 18.1. The number of likely N-dealkylation sites (tertiary alicyclic amines) is 1. The highest BCUT2D eigenvalue weighted by atomic mass is 16.2. The minimum Gasteiger partial charge on any atom is -0.325 e. The molecule has 1 aromatic rings. The molecule has 0 saturated carbocycles. The summed E-state index contributed by atoms with van der Waals surface area (Å²) >= 11 is 0. The summed E-state index contributed by atoms with van der Waals surface area (Å²) in [4.78, 5) is 13.8. The van der Waals surface area contributed by atoms with Gasteiger partial charge in [-0.3, -0.25) is 4.79 Å². The molecule has 2 N–H and O–H groups in total. The molecular formula is C16H25N2O+. The van der Waals surface area contributed by atoms with Crippen LogP contribution in [0.25, 0.3) is 0 Å². The van der Waals surface area contributed by atoms with Crippen molar-refractivity contribution in [2.45, 2.75) is 46.1 Å². The zero-order valence-corrected chi connectivity index (χ0v) is 12.3. The SMILES string of the molecule is Cc1ccc(C)c(NC(=O)[C@H](C)[NH+]2CCCCC2)c1. The van der Waals surface area contributed by atoms with Crippen molar-refractivity contribution >= 4 is 11.6 Å². The van der Waals surface area contributed by atoms with Gasteiger partial charge in [-0.15, -0.1) is 0 Å². The highest BCUT2D eigenvalue weighted by Crippen LogP contribution is 2.16. The Morgan fingerprint density at radius 1 is 1.21 bits per heavy atom. The van der Waals surface area contributed by atoms with Crippen LogP contribution in [0.5, 0.6) is 0 Å². The van der Waals surface area contributed by atoms with Crippen LogP contribution < -0.4 is 10.2 Å². The lowest BCUT2D eigenvalue weighted by molar-refractivity contribution is -0.918. The van der Waals surface area contributed by atoms with E-state index in [1.54, 1.807) is 0 Å². The van der Waals surface area contributed by atoms with Crippen LogP contribution in [0, 0.1) is 13.8 Å². The van der Waals surface area contributed by atoms with Gasteiger partial charge in [-0.05, 0) is 57.2 Å². The third-order valence-electron chi connectivity index (χ3n) is 4.15. The smallest absolute Gasteiger partial charge is 0.282 e. The van der Waals surface area contributed by atoms with E-state index in [0.717, 1.165) is 24.3 Å². The van der Waals surface area contributed by atoms with E-state index in [2.05, 4.69) is 24.4 Å². The van der Waals surface area contributed by atoms with Gasteiger partial charge in [0.15, 0.2) is 6.04 Å². The molecule has 2 rings (SSSR count). The Balaban J connectivity index is 2.01. The zero-order valence-electron chi connectivity index (χ0n) is 12.3. The number of rotatable bonds is 3. The molecule has 0 aromatic heterocycles. The molecule has 1 saturated heterocycles. The topological polar surface area (TPSA) is 33.5 Å². The zero-order chi connectivity index (χ0) is 13.8. The van der Waals surface area contributed by atoms with Gasteiger partial charge in [-0.1, -0.05) is 12.1 Å². The Morgan fingerprint density at radius 2 is 1.89 bits per heavy atom. The average molecular weight is 261 g/mol. The quantitative estimate of drug-likeness (QED) is 0.853. The molecule has 1 aliphatic heterocycles. The summed E-state index contributed by atoms with van der Waals surface area (Å²) < 4.78 is 0. The minimum absolute atomic E-state index is 0.0419. The second-order valence-electron chi connectivity index (χ2n) is 5.75. The number of hydrogen-bond donors (Lipinski definition) is 2. The molecule has 0 radical (unpaired) electrons. The molecule has 0 bridgehead atoms. The predicted molar refractivity (Wildman–Crippen MR) is 78.6 cm³/mol. The molecule has 1 aliphatic rings. The van der Waals surface area contributed by atoms with Gasteiger partial charge in [0.05, 0.1) is 13.1 Å². The van der Waals surface area contributed by atoms with Crippen LogP contribution in [0.3, 0.4) is 0 Å². The molecule has 1 atom stereocenters. The van der Waals surface area contributed by atoms with E-state index in [1.807, 2.05) is 19.9 Å². The van der Waals surface area contributed by atoms with Crippen molar-refractivity contribution in [2.75, 3.05) is 18.4 Å². The molecule has 1 aromatic carbocycles. The highest BCUT2D eigenvalue weighted by molar-refractivity contribution is 5.94. The number of nitrogens with one attached hydrogen (secondary N) is 2. The molecule has 1 amide bonds. The third-order valence-corrected chi connectivity index (χ3v) is 4.15. The predicted octanol–water partition coefficient (Wildman–Crippen LogP) is 1.70. The highest BCUT2D eigenvalue weighted by Gasteiger charge is 2.26. The van der Waals surface area contributed by atoms with Gasteiger partial charge in [0.25, 0.3) is 5.91 Å². The number of anilines is 1. The number of benzene rings is 1. The van der Waals surface area contributed by atoms with E-state index in [4.69, 9.17) is 0 Å². The standard InChI is InChI=1S/C16H24N2O/c1-12-7-8-13(2)15(11-12)17-16(19)14(3)18-9-5-4-6-10-18/h7-8,11,14H,4-6,9-10H2,1-3H3,(H,17,19)/p+1/t14-/m0/s1. The number of piperidine rings is 1. The lowest BCUT2D eigenvalue weighted by atomic mass is 10.1. The van der Waals surface area contributed by atoms with Crippen molar-refractivity contribution in [2.24, 2.45) is 0 Å². The molecule has 0 unspecified atom stereocenters. The van der Waals surface area contributed by atoms with Crippen LogP contribution in [0.15, 0.2) is 18.2 Å². The number of amides is 1. The maximum atomic E-state index is 12.3. The van der Waals surface area contributed by atoms with E-state index in [1.165, 1.54) is 29.7 Å². The van der Waals surface area contributed by atoms with Crippen LogP contribution in [0.4, 0.5) is 5.69 Å². The number of quaternary nitrogens is 1. The first-order chi connectivity index (χ1) is 9.08. The van der Waals surface area contributed by atoms with Crippen LogP contribution in [-0.2, 0) is 4.79 Å². The van der Waals surface area contributed by atoms with Gasteiger partial charge in [0, 0.05) is 5.69 Å². The Hall–Kier alpha value is -1.35. The maximum Gasteiger partial charge on any atom is 0.282 e. The van der Waals surface area contributed by atoms with E-state index < -0.39 is 0 Å². The fourth-order valence-electron chi connectivity index (χ4n) is 2.74. The van der Waals surface area contributed by atoms with Crippen LogP contribution in [-0.4, -0.2) is 25.0 Å². The lowest BCUT2D eigenvalue weighted by Gasteiger charge is -2.28. The molecule has 1 fully saturated rings. The van der Waals surface area contributed by atoms with Crippen LogP contribution in [0.2, 0.25) is 0 Å². The van der Waals surface area contributed by atoms with E-state index in [0.29, 0.717) is 0 Å². The Bertz CT molecular complexity index is 450. The van der Waals surface area contributed by atoms with Crippen molar-refractivity contribution in [3.05, 3.63) is 29.3 Å². The average Bonchev–Trinajstić information content (AvgIpc) is 2.43. The van der Waals surface area contributed by atoms with E-state index >= 15 is 0 Å². The summed E-state index contributed by atoms with van der Waals surface area (Å²) in [6, 6.07) is 6.22. The van der Waals surface area contributed by atoms with Gasteiger partial charge in [-0.2, -0.15) is 0 Å². The van der Waals surface area contributed by atoms with Crippen molar-refractivity contribution in [3.63, 3.8) is 0 Å². The van der Waals surface area contributed by atoms with Gasteiger partial charge in [-0.25, -0.2) is 0 Å². The fourth-order valence-corrected chi connectivity index (χ4v) is 2.74. The molecule has 3 nitrogen and oxygen atoms in total. The summed E-state index contributed by atoms with van der Waals surface area (Å²) in [7, 11) is 0. The molecule has 3 heteroatoms. The largest absolute Gasteiger partial charge is 0.325 e. The first kappa shape index (κ1) is 14.1. The second-order valence-corrected chi connectivity index (χ2v) is 5.75. The number of aryl methyl sites for hydroxylation is 2. The maximum absolute atomic E-state index is 12.3. The monoisotopic (exact) mass is 261 g/mol. The first-order valence-electron chi connectivity index (χ1n) is 7.30. The molecule has 104 valence electrons. The molecular weight excluding hydrogens is 236 g/mol. The van der Waals surface area contributed by atoms with E-state index in [-0.39, 0.29) is 11.9 Å². The molecule has 1 heterocycles. The molecule has 0 spiro atoms. The Labute approximate surface area is 116 Å². The lowest BCUT2D eigenvalue weighted by Crippen LogP contribution is -3.17. The minimum atomic E-state index is 0.0419. The number of carbonyl (C=O) groups is 1. The van der Waals surface area contributed by atoms with Gasteiger partial charge < -0.3 is 10.2 Å². The van der Waals surface area contributed by atoms with Crippen LogP contribution in [0.1, 0.15) is 37.3 Å². The number of carbonyl (C=O) groups excluding carboxylic acids is 1. The summed E-state index contributed by atoms with van der Waals surface area (Å²) in [6.07, 6.45) is 3.81. The summed E-state index contributed by atoms with van der Waals surface area (Å²) in [5.74, 6) is 0.144. The molecule has 0 aliphatic carbocycles. The van der Waals surface area contributed by atoms with Crippen LogP contribution >= 0.6 is 0 Å². The third kappa shape index (κ3) is 3.57. The van der Waals surface area contributed by atoms with Gasteiger partial charge in [0.2, 0.25) is 0 Å². The van der Waals surface area contributed by atoms with Gasteiger partial charge >= 0.3 is 0 Å².